The largest absolute Gasteiger partial charge is 0.469 e. The second-order valence-electron chi connectivity index (χ2n) is 7.40. The van der Waals surface area contributed by atoms with Gasteiger partial charge in [0.15, 0.2) is 0 Å². The molecule has 2 heterocycles. The third-order valence-electron chi connectivity index (χ3n) is 5.44. The molecule has 0 fully saturated rings. The number of aryl methyl sites for hydroxylation is 1. The predicted molar refractivity (Wildman–Crippen MR) is 116 cm³/mol. The molecule has 0 bridgehead atoms. The summed E-state index contributed by atoms with van der Waals surface area (Å²) >= 11 is 6.13. The van der Waals surface area contributed by atoms with E-state index in [1.54, 1.807) is 30.3 Å². The molecule has 0 radical (unpaired) electrons. The molecule has 30 heavy (non-hydrogen) atoms. The Balaban J connectivity index is 1.79. The van der Waals surface area contributed by atoms with Gasteiger partial charge in [-0.25, -0.2) is 12.4 Å². The van der Waals surface area contributed by atoms with Crippen LogP contribution >= 0.6 is 11.6 Å². The zero-order valence-corrected chi connectivity index (χ0v) is 18.2. The van der Waals surface area contributed by atoms with E-state index in [9.17, 15) is 13.2 Å². The van der Waals surface area contributed by atoms with Crippen LogP contribution in [0.2, 0.25) is 5.02 Å². The van der Waals surface area contributed by atoms with E-state index in [1.165, 1.54) is 16.6 Å². The average molecular weight is 447 g/mol. The summed E-state index contributed by atoms with van der Waals surface area (Å²) in [7, 11) is -2.48. The maximum Gasteiger partial charge on any atom is 0.305 e. The van der Waals surface area contributed by atoms with Crippen LogP contribution in [0.3, 0.4) is 0 Å². The Kier molecular flexibility index (Phi) is 5.86. The van der Waals surface area contributed by atoms with Gasteiger partial charge in [0.1, 0.15) is 0 Å². The van der Waals surface area contributed by atoms with Gasteiger partial charge in [-0.05, 0) is 73.3 Å². The van der Waals surface area contributed by atoms with Crippen LogP contribution in [0.5, 0.6) is 0 Å². The fraction of sp³-hybridized carbons (Fsp3) is 0.318. The molecule has 1 N–H and O–H groups in total. The summed E-state index contributed by atoms with van der Waals surface area (Å²) in [6.45, 7) is 1.55. The van der Waals surface area contributed by atoms with Crippen LogP contribution in [0.1, 0.15) is 29.7 Å². The Labute approximate surface area is 180 Å². The van der Waals surface area contributed by atoms with Crippen molar-refractivity contribution in [3.05, 3.63) is 64.3 Å². The second kappa shape index (κ2) is 8.41. The first-order valence-electron chi connectivity index (χ1n) is 9.85. The number of fused-ring (bicyclic) bond motifs is 2. The van der Waals surface area contributed by atoms with Gasteiger partial charge in [-0.1, -0.05) is 17.7 Å². The van der Waals surface area contributed by atoms with E-state index in [-0.39, 0.29) is 17.3 Å². The lowest BCUT2D eigenvalue weighted by molar-refractivity contribution is -0.140. The standard InChI is InChI=1S/C22H23ClN2O4S/c1-29-22(26)4-2-3-19-12-16-11-18(23)6-8-21(16)25(19)30(27,28)20-7-5-15-9-10-24-14-17(15)13-20/h5-8,11-13,24H,2-4,9-10,14H2,1H3. The lowest BCUT2D eigenvalue weighted by Crippen LogP contribution is -2.24. The van der Waals surface area contributed by atoms with E-state index in [4.69, 9.17) is 16.3 Å². The summed E-state index contributed by atoms with van der Waals surface area (Å²) in [6.07, 6.45) is 2.02. The zero-order chi connectivity index (χ0) is 21.3. The van der Waals surface area contributed by atoms with Crippen molar-refractivity contribution in [1.82, 2.24) is 9.29 Å². The quantitative estimate of drug-likeness (QED) is 0.584. The van der Waals surface area contributed by atoms with Gasteiger partial charge in [-0.15, -0.1) is 0 Å². The van der Waals surface area contributed by atoms with Crippen molar-refractivity contribution >= 4 is 38.5 Å². The van der Waals surface area contributed by atoms with E-state index in [0.717, 1.165) is 23.9 Å². The van der Waals surface area contributed by atoms with Crippen LogP contribution < -0.4 is 5.32 Å². The minimum Gasteiger partial charge on any atom is -0.469 e. The lowest BCUT2D eigenvalue weighted by Gasteiger charge is -2.19. The third kappa shape index (κ3) is 3.97. The highest BCUT2D eigenvalue weighted by Gasteiger charge is 2.24. The number of halogens is 1. The van der Waals surface area contributed by atoms with Crippen molar-refractivity contribution in [2.45, 2.75) is 37.1 Å². The van der Waals surface area contributed by atoms with Crippen molar-refractivity contribution in [2.24, 2.45) is 0 Å². The molecule has 8 heteroatoms. The van der Waals surface area contributed by atoms with Crippen LogP contribution in [0.25, 0.3) is 10.9 Å². The summed E-state index contributed by atoms with van der Waals surface area (Å²) in [4.78, 5) is 11.7. The number of nitrogens with zero attached hydrogens (tertiary/aromatic N) is 1. The number of benzene rings is 2. The number of hydrogen-bond acceptors (Lipinski definition) is 5. The molecule has 1 aromatic heterocycles. The number of carbonyl (C=O) groups excluding carboxylic acids is 1. The molecular formula is C22H23ClN2O4S. The van der Waals surface area contributed by atoms with Crippen molar-refractivity contribution in [3.63, 3.8) is 0 Å². The van der Waals surface area contributed by atoms with E-state index in [1.807, 2.05) is 12.1 Å². The summed E-state index contributed by atoms with van der Waals surface area (Å²) in [5, 5.41) is 4.57. The molecule has 0 spiro atoms. The van der Waals surface area contributed by atoms with Crippen molar-refractivity contribution in [3.8, 4) is 0 Å². The molecule has 0 aliphatic carbocycles. The van der Waals surface area contributed by atoms with E-state index in [0.29, 0.717) is 35.6 Å². The second-order valence-corrected chi connectivity index (χ2v) is 9.62. The zero-order valence-electron chi connectivity index (χ0n) is 16.7. The summed E-state index contributed by atoms with van der Waals surface area (Å²) in [6, 6.07) is 12.3. The SMILES string of the molecule is COC(=O)CCCc1cc2cc(Cl)ccc2n1S(=O)(=O)c1ccc2c(c1)CNCC2. The van der Waals surface area contributed by atoms with Gasteiger partial charge in [0.25, 0.3) is 10.0 Å². The minimum absolute atomic E-state index is 0.226. The van der Waals surface area contributed by atoms with Gasteiger partial charge < -0.3 is 10.1 Å². The Morgan fingerprint density at radius 3 is 2.80 bits per heavy atom. The lowest BCUT2D eigenvalue weighted by atomic mass is 10.0. The molecule has 0 atom stereocenters. The highest BCUT2D eigenvalue weighted by atomic mass is 35.5. The summed E-state index contributed by atoms with van der Waals surface area (Å²) in [5.74, 6) is -0.314. The number of rotatable bonds is 6. The number of nitrogens with one attached hydrogen (secondary N) is 1. The van der Waals surface area contributed by atoms with Crippen molar-refractivity contribution in [2.75, 3.05) is 13.7 Å². The maximum atomic E-state index is 13.7. The predicted octanol–water partition coefficient (Wildman–Crippen LogP) is 3.67. The summed E-state index contributed by atoms with van der Waals surface area (Å²) < 4.78 is 33.4. The number of esters is 1. The van der Waals surface area contributed by atoms with Crippen LogP contribution in [0, 0.1) is 0 Å². The molecule has 4 rings (SSSR count). The molecule has 2 aromatic carbocycles. The fourth-order valence-corrected chi connectivity index (χ4v) is 5.72. The molecule has 6 nitrogen and oxygen atoms in total. The topological polar surface area (TPSA) is 77.4 Å². The average Bonchev–Trinajstić information content (AvgIpc) is 3.11. The Morgan fingerprint density at radius 2 is 2.00 bits per heavy atom. The Morgan fingerprint density at radius 1 is 1.17 bits per heavy atom. The molecule has 0 amide bonds. The first kappa shape index (κ1) is 20.9. The smallest absolute Gasteiger partial charge is 0.305 e. The normalized spacial score (nSPS) is 13.9. The first-order valence-corrected chi connectivity index (χ1v) is 11.7. The van der Waals surface area contributed by atoms with Gasteiger partial charge in [0.05, 0.1) is 17.5 Å². The first-order chi connectivity index (χ1) is 14.4. The van der Waals surface area contributed by atoms with E-state index in [2.05, 4.69) is 5.32 Å². The molecular weight excluding hydrogens is 424 g/mol. The van der Waals surface area contributed by atoms with Gasteiger partial charge >= 0.3 is 5.97 Å². The van der Waals surface area contributed by atoms with Gasteiger partial charge in [-0.3, -0.25) is 4.79 Å². The Hall–Kier alpha value is -2.35. The molecule has 1 aliphatic rings. The number of ether oxygens (including phenoxy) is 1. The van der Waals surface area contributed by atoms with Crippen molar-refractivity contribution < 1.29 is 17.9 Å². The number of methoxy groups -OCH3 is 1. The molecule has 3 aromatic rings. The van der Waals surface area contributed by atoms with Crippen LogP contribution in [-0.4, -0.2) is 32.0 Å². The highest BCUT2D eigenvalue weighted by molar-refractivity contribution is 7.90. The number of hydrogen-bond donors (Lipinski definition) is 1. The van der Waals surface area contributed by atoms with Gasteiger partial charge in [0.2, 0.25) is 0 Å². The van der Waals surface area contributed by atoms with Crippen LogP contribution in [0.15, 0.2) is 47.4 Å². The van der Waals surface area contributed by atoms with Gasteiger partial charge in [-0.2, -0.15) is 0 Å². The molecule has 158 valence electrons. The molecule has 0 unspecified atom stereocenters. The monoisotopic (exact) mass is 446 g/mol. The molecule has 1 aliphatic heterocycles. The Bertz CT molecular complexity index is 1220. The van der Waals surface area contributed by atoms with Crippen LogP contribution in [0.4, 0.5) is 0 Å². The fourth-order valence-electron chi connectivity index (χ4n) is 3.91. The summed E-state index contributed by atoms with van der Waals surface area (Å²) in [5.41, 5.74) is 3.37. The minimum atomic E-state index is -3.83. The van der Waals surface area contributed by atoms with Crippen LogP contribution in [-0.2, 0) is 38.9 Å². The number of aromatic nitrogens is 1. The highest BCUT2D eigenvalue weighted by Crippen LogP contribution is 2.30. The maximum absolute atomic E-state index is 13.7. The number of carbonyl (C=O) groups is 1. The van der Waals surface area contributed by atoms with Gasteiger partial charge in [0, 0.05) is 29.1 Å². The van der Waals surface area contributed by atoms with Crippen molar-refractivity contribution in [1.29, 1.82) is 0 Å². The molecule has 0 saturated carbocycles. The third-order valence-corrected chi connectivity index (χ3v) is 7.43. The molecule has 0 saturated heterocycles. The van der Waals surface area contributed by atoms with E-state index < -0.39 is 10.0 Å². The van der Waals surface area contributed by atoms with E-state index >= 15 is 0 Å².